The zero-order valence-corrected chi connectivity index (χ0v) is 8.28. The molecule has 3 nitrogen and oxygen atoms in total. The third-order valence-corrected chi connectivity index (χ3v) is 2.17. The first-order chi connectivity index (χ1) is 5.57. The van der Waals surface area contributed by atoms with Crippen LogP contribution >= 0.6 is 23.2 Å². The highest BCUT2D eigenvalue weighted by atomic mass is 35.5. The molecular formula is C7H8Cl2N2O. The summed E-state index contributed by atoms with van der Waals surface area (Å²) in [7, 11) is 0. The first-order valence-electron chi connectivity index (χ1n) is 3.50. The standard InChI is InChI=1S/C7H8Cl2N2O/c1-3-11-6(7(9)12)5(8)4(2)10-11/h3H2,1-2H3. The molecule has 0 fully saturated rings. The molecule has 0 radical (unpaired) electrons. The second-order valence-corrected chi connectivity index (χ2v) is 3.06. The summed E-state index contributed by atoms with van der Waals surface area (Å²) in [5.41, 5.74) is 0.904. The van der Waals surface area contributed by atoms with Gasteiger partial charge in [0, 0.05) is 6.54 Å². The van der Waals surface area contributed by atoms with Crippen molar-refractivity contribution in [3.05, 3.63) is 16.4 Å². The fraction of sp³-hybridized carbons (Fsp3) is 0.429. The van der Waals surface area contributed by atoms with Crippen molar-refractivity contribution in [3.8, 4) is 0 Å². The van der Waals surface area contributed by atoms with Crippen molar-refractivity contribution >= 4 is 28.4 Å². The van der Waals surface area contributed by atoms with Gasteiger partial charge in [-0.3, -0.25) is 9.48 Å². The Balaban J connectivity index is 3.31. The Morgan fingerprint density at radius 3 is 2.58 bits per heavy atom. The van der Waals surface area contributed by atoms with Gasteiger partial charge < -0.3 is 0 Å². The molecule has 0 aliphatic rings. The fourth-order valence-corrected chi connectivity index (χ4v) is 1.44. The molecule has 66 valence electrons. The summed E-state index contributed by atoms with van der Waals surface area (Å²) in [4.78, 5) is 10.9. The molecule has 5 heteroatoms. The van der Waals surface area contributed by atoms with Crippen molar-refractivity contribution in [3.63, 3.8) is 0 Å². The van der Waals surface area contributed by atoms with Crippen molar-refractivity contribution in [1.29, 1.82) is 0 Å². The number of aromatic nitrogens is 2. The van der Waals surface area contributed by atoms with E-state index in [1.54, 1.807) is 6.92 Å². The van der Waals surface area contributed by atoms with E-state index in [1.165, 1.54) is 4.68 Å². The molecule has 0 atom stereocenters. The summed E-state index contributed by atoms with van der Waals surface area (Å²) in [5, 5.41) is 3.81. The summed E-state index contributed by atoms with van der Waals surface area (Å²) in [6.07, 6.45) is 0. The molecule has 0 aromatic carbocycles. The summed E-state index contributed by atoms with van der Waals surface area (Å²) in [6, 6.07) is 0. The van der Waals surface area contributed by atoms with Crippen molar-refractivity contribution in [1.82, 2.24) is 9.78 Å². The summed E-state index contributed by atoms with van der Waals surface area (Å²) >= 11 is 11.1. The van der Waals surface area contributed by atoms with Crippen LogP contribution in [0.3, 0.4) is 0 Å². The lowest BCUT2D eigenvalue weighted by Crippen LogP contribution is -2.05. The molecule has 1 heterocycles. The number of aryl methyl sites for hydroxylation is 2. The minimum absolute atomic E-state index is 0.276. The van der Waals surface area contributed by atoms with Gasteiger partial charge in [-0.1, -0.05) is 11.6 Å². The third kappa shape index (κ3) is 1.47. The van der Waals surface area contributed by atoms with Gasteiger partial charge in [0.15, 0.2) is 0 Å². The highest BCUT2D eigenvalue weighted by Crippen LogP contribution is 2.21. The molecule has 0 N–H and O–H groups in total. The SMILES string of the molecule is CCn1nc(C)c(Cl)c1C(=O)Cl. The Kier molecular flexibility index (Phi) is 2.75. The normalized spacial score (nSPS) is 10.3. The van der Waals surface area contributed by atoms with Gasteiger partial charge in [-0.15, -0.1) is 0 Å². The molecular weight excluding hydrogens is 199 g/mol. The van der Waals surface area contributed by atoms with E-state index < -0.39 is 5.24 Å². The number of halogens is 2. The number of carbonyl (C=O) groups is 1. The largest absolute Gasteiger partial charge is 0.274 e. The van der Waals surface area contributed by atoms with Crippen LogP contribution in [0.1, 0.15) is 23.1 Å². The molecule has 0 spiro atoms. The maximum atomic E-state index is 10.9. The first-order valence-corrected chi connectivity index (χ1v) is 4.26. The summed E-state index contributed by atoms with van der Waals surface area (Å²) in [6.45, 7) is 4.19. The highest BCUT2D eigenvalue weighted by Gasteiger charge is 2.17. The van der Waals surface area contributed by atoms with Gasteiger partial charge in [0.1, 0.15) is 5.69 Å². The van der Waals surface area contributed by atoms with Crippen LogP contribution in [0.25, 0.3) is 0 Å². The van der Waals surface area contributed by atoms with E-state index in [2.05, 4.69) is 5.10 Å². The quantitative estimate of drug-likeness (QED) is 0.697. The van der Waals surface area contributed by atoms with Gasteiger partial charge >= 0.3 is 0 Å². The predicted octanol–water partition coefficient (Wildman–Crippen LogP) is 2.24. The minimum atomic E-state index is -0.567. The van der Waals surface area contributed by atoms with Crippen molar-refractivity contribution in [2.75, 3.05) is 0 Å². The molecule has 0 saturated carbocycles. The van der Waals surface area contributed by atoms with Crippen molar-refractivity contribution < 1.29 is 4.79 Å². The van der Waals surface area contributed by atoms with Crippen LogP contribution in [0.2, 0.25) is 5.02 Å². The first kappa shape index (κ1) is 9.55. The van der Waals surface area contributed by atoms with Crippen molar-refractivity contribution in [2.24, 2.45) is 0 Å². The van der Waals surface area contributed by atoms with Gasteiger partial charge in [0.2, 0.25) is 0 Å². The smallest absolute Gasteiger partial charge is 0.272 e. The second kappa shape index (κ2) is 3.46. The van der Waals surface area contributed by atoms with Gasteiger partial charge in [-0.2, -0.15) is 5.10 Å². The maximum absolute atomic E-state index is 10.9. The van der Waals surface area contributed by atoms with Crippen LogP contribution in [-0.2, 0) is 6.54 Å². The zero-order valence-electron chi connectivity index (χ0n) is 6.77. The lowest BCUT2D eigenvalue weighted by molar-refractivity contribution is 0.107. The average molecular weight is 207 g/mol. The zero-order chi connectivity index (χ0) is 9.30. The average Bonchev–Trinajstić information content (AvgIpc) is 2.28. The maximum Gasteiger partial charge on any atom is 0.272 e. The van der Waals surface area contributed by atoms with Gasteiger partial charge in [-0.05, 0) is 25.4 Å². The van der Waals surface area contributed by atoms with Crippen LogP contribution < -0.4 is 0 Å². The van der Waals surface area contributed by atoms with E-state index in [-0.39, 0.29) is 5.69 Å². The van der Waals surface area contributed by atoms with E-state index in [0.717, 1.165) is 0 Å². The number of hydrogen-bond donors (Lipinski definition) is 0. The fourth-order valence-electron chi connectivity index (χ4n) is 0.976. The molecule has 0 aliphatic carbocycles. The lowest BCUT2D eigenvalue weighted by Gasteiger charge is -1.97. The van der Waals surface area contributed by atoms with Gasteiger partial charge in [-0.25, -0.2) is 0 Å². The predicted molar refractivity (Wildman–Crippen MR) is 47.8 cm³/mol. The topological polar surface area (TPSA) is 34.9 Å². The number of rotatable bonds is 2. The Labute approximate surface area is 80.3 Å². The second-order valence-electron chi connectivity index (χ2n) is 2.34. The summed E-state index contributed by atoms with van der Waals surface area (Å²) < 4.78 is 1.49. The Morgan fingerprint density at radius 1 is 1.67 bits per heavy atom. The van der Waals surface area contributed by atoms with Crippen LogP contribution in [0.15, 0.2) is 0 Å². The van der Waals surface area contributed by atoms with Crippen molar-refractivity contribution in [2.45, 2.75) is 20.4 Å². The molecule has 1 rings (SSSR count). The third-order valence-electron chi connectivity index (χ3n) is 1.54. The molecule has 12 heavy (non-hydrogen) atoms. The summed E-state index contributed by atoms with van der Waals surface area (Å²) in [5.74, 6) is 0. The van der Waals surface area contributed by atoms with E-state index in [0.29, 0.717) is 17.3 Å². The van der Waals surface area contributed by atoms with Gasteiger partial charge in [0.05, 0.1) is 10.7 Å². The van der Waals surface area contributed by atoms with E-state index >= 15 is 0 Å². The van der Waals surface area contributed by atoms with Crippen LogP contribution in [-0.4, -0.2) is 15.0 Å². The van der Waals surface area contributed by atoms with E-state index in [1.807, 2.05) is 6.92 Å². The van der Waals surface area contributed by atoms with Crippen LogP contribution in [0, 0.1) is 6.92 Å². The lowest BCUT2D eigenvalue weighted by atomic mass is 10.4. The number of carbonyl (C=O) groups excluding carboxylic acids is 1. The molecule has 0 bridgehead atoms. The molecule has 0 saturated heterocycles. The Bertz CT molecular complexity index is 319. The number of nitrogens with zero attached hydrogens (tertiary/aromatic N) is 2. The van der Waals surface area contributed by atoms with Crippen LogP contribution in [0.5, 0.6) is 0 Å². The van der Waals surface area contributed by atoms with Crippen LogP contribution in [0.4, 0.5) is 0 Å². The molecule has 1 aromatic heterocycles. The minimum Gasteiger partial charge on any atom is -0.274 e. The molecule has 1 aromatic rings. The molecule has 0 aliphatic heterocycles. The highest BCUT2D eigenvalue weighted by molar-refractivity contribution is 6.68. The Hall–Kier alpha value is -0.540. The van der Waals surface area contributed by atoms with Gasteiger partial charge in [0.25, 0.3) is 5.24 Å². The Morgan fingerprint density at radius 2 is 2.25 bits per heavy atom. The van der Waals surface area contributed by atoms with E-state index in [4.69, 9.17) is 23.2 Å². The molecule has 0 unspecified atom stereocenters. The monoisotopic (exact) mass is 206 g/mol. The van der Waals surface area contributed by atoms with E-state index in [9.17, 15) is 4.79 Å². The molecule has 0 amide bonds. The number of hydrogen-bond acceptors (Lipinski definition) is 2.